The zero-order valence-electron chi connectivity index (χ0n) is 12.5. The molecule has 0 spiro atoms. The molecule has 114 valence electrons. The summed E-state index contributed by atoms with van der Waals surface area (Å²) >= 11 is 4.99. The van der Waals surface area contributed by atoms with Crippen molar-refractivity contribution in [1.82, 2.24) is 10.2 Å². The molecule has 0 radical (unpaired) electrons. The smallest absolute Gasteiger partial charge is 0.244 e. The normalized spacial score (nSPS) is 13.1. The second-order valence-corrected chi connectivity index (χ2v) is 5.30. The van der Waals surface area contributed by atoms with Crippen molar-refractivity contribution in [1.29, 1.82) is 0 Å². The fourth-order valence-corrected chi connectivity index (χ4v) is 2.18. The molecule has 21 heavy (non-hydrogen) atoms. The van der Waals surface area contributed by atoms with Crippen LogP contribution < -0.4 is 11.1 Å². The minimum atomic E-state index is -0.733. The number of nitrogens with two attached hydrogens (primary N) is 1. The Hall–Kier alpha value is -1.95. The van der Waals surface area contributed by atoms with E-state index in [1.165, 1.54) is 0 Å². The highest BCUT2D eigenvalue weighted by Gasteiger charge is 2.27. The van der Waals surface area contributed by atoms with Crippen molar-refractivity contribution in [3.05, 3.63) is 35.9 Å². The Balaban J connectivity index is 2.84. The summed E-state index contributed by atoms with van der Waals surface area (Å²) in [5, 5.41) is 2.68. The Morgan fingerprint density at radius 2 is 1.90 bits per heavy atom. The summed E-state index contributed by atoms with van der Waals surface area (Å²) in [6.45, 7) is 4.10. The van der Waals surface area contributed by atoms with Crippen molar-refractivity contribution in [2.75, 3.05) is 13.6 Å². The van der Waals surface area contributed by atoms with Crippen molar-refractivity contribution < 1.29 is 9.59 Å². The maximum Gasteiger partial charge on any atom is 0.244 e. The van der Waals surface area contributed by atoms with E-state index in [9.17, 15) is 9.59 Å². The van der Waals surface area contributed by atoms with Gasteiger partial charge in [0.25, 0.3) is 0 Å². The second-order valence-electron chi connectivity index (χ2n) is 4.83. The topological polar surface area (TPSA) is 75.4 Å². The number of likely N-dealkylation sites (N-methyl/N-ethyl adjacent to an activating group) is 1. The molecule has 6 heteroatoms. The predicted molar refractivity (Wildman–Crippen MR) is 86.9 cm³/mol. The predicted octanol–water partition coefficient (Wildman–Crippen LogP) is 1.04. The molecule has 0 aliphatic carbocycles. The van der Waals surface area contributed by atoms with Crippen LogP contribution in [-0.4, -0.2) is 41.3 Å². The number of carbonyl (C=O) groups is 2. The second kappa shape index (κ2) is 7.73. The lowest BCUT2D eigenvalue weighted by Crippen LogP contribution is -2.48. The van der Waals surface area contributed by atoms with Crippen molar-refractivity contribution in [2.45, 2.75) is 25.8 Å². The highest BCUT2D eigenvalue weighted by Crippen LogP contribution is 2.16. The van der Waals surface area contributed by atoms with Crippen LogP contribution in [0.25, 0.3) is 0 Å². The van der Waals surface area contributed by atoms with Gasteiger partial charge in [-0.3, -0.25) is 9.59 Å². The number of amides is 2. The van der Waals surface area contributed by atoms with Crippen LogP contribution in [0.3, 0.4) is 0 Å². The molecule has 3 N–H and O–H groups in total. The zero-order valence-corrected chi connectivity index (χ0v) is 13.3. The van der Waals surface area contributed by atoms with E-state index in [2.05, 4.69) is 5.32 Å². The highest BCUT2D eigenvalue weighted by atomic mass is 32.1. The van der Waals surface area contributed by atoms with Gasteiger partial charge < -0.3 is 16.0 Å². The third-order valence-corrected chi connectivity index (χ3v) is 3.50. The lowest BCUT2D eigenvalue weighted by atomic mass is 9.98. The van der Waals surface area contributed by atoms with E-state index < -0.39 is 12.0 Å². The molecule has 0 saturated carbocycles. The van der Waals surface area contributed by atoms with Crippen LogP contribution in [0.2, 0.25) is 0 Å². The Kier molecular flexibility index (Phi) is 6.30. The van der Waals surface area contributed by atoms with Gasteiger partial charge in [0, 0.05) is 13.6 Å². The van der Waals surface area contributed by atoms with Crippen molar-refractivity contribution in [3.63, 3.8) is 0 Å². The minimum Gasteiger partial charge on any atom is -0.392 e. The molecule has 1 rings (SSSR count). The lowest BCUT2D eigenvalue weighted by Gasteiger charge is -2.23. The summed E-state index contributed by atoms with van der Waals surface area (Å²) in [6.07, 6.45) is 0. The maximum atomic E-state index is 12.4. The average Bonchev–Trinajstić information content (AvgIpc) is 2.46. The molecule has 5 nitrogen and oxygen atoms in total. The number of carbonyl (C=O) groups excluding carboxylic acids is 2. The van der Waals surface area contributed by atoms with Crippen LogP contribution in [0.15, 0.2) is 30.3 Å². The van der Waals surface area contributed by atoms with Crippen LogP contribution in [-0.2, 0) is 9.59 Å². The largest absolute Gasteiger partial charge is 0.392 e. The summed E-state index contributed by atoms with van der Waals surface area (Å²) < 4.78 is 0. The van der Waals surface area contributed by atoms with Crippen LogP contribution in [0.5, 0.6) is 0 Å². The van der Waals surface area contributed by atoms with E-state index >= 15 is 0 Å². The van der Waals surface area contributed by atoms with Crippen molar-refractivity contribution >= 4 is 29.0 Å². The van der Waals surface area contributed by atoms with E-state index in [4.69, 9.17) is 18.0 Å². The quantitative estimate of drug-likeness (QED) is 0.770. The van der Waals surface area contributed by atoms with E-state index in [0.717, 1.165) is 0 Å². The highest BCUT2D eigenvalue weighted by molar-refractivity contribution is 7.80. The van der Waals surface area contributed by atoms with E-state index in [-0.39, 0.29) is 16.8 Å². The first-order valence-electron chi connectivity index (χ1n) is 6.78. The third-order valence-electron chi connectivity index (χ3n) is 3.26. The summed E-state index contributed by atoms with van der Waals surface area (Å²) in [5.41, 5.74) is 6.40. The van der Waals surface area contributed by atoms with Gasteiger partial charge in [-0.05, 0) is 19.4 Å². The number of hydrogen-bond donors (Lipinski definition) is 2. The molecule has 0 bridgehead atoms. The van der Waals surface area contributed by atoms with Gasteiger partial charge in [-0.2, -0.15) is 0 Å². The number of nitrogens with zero attached hydrogens (tertiary/aromatic N) is 1. The average molecular weight is 307 g/mol. The molecule has 2 amide bonds. The monoisotopic (exact) mass is 307 g/mol. The molecule has 2 unspecified atom stereocenters. The number of nitrogens with one attached hydrogen (secondary N) is 1. The van der Waals surface area contributed by atoms with Gasteiger partial charge >= 0.3 is 0 Å². The summed E-state index contributed by atoms with van der Waals surface area (Å²) in [5.74, 6) is -1.25. The number of rotatable bonds is 6. The van der Waals surface area contributed by atoms with Gasteiger partial charge in [0.05, 0.1) is 4.99 Å². The molecule has 0 aliphatic heterocycles. The molecule has 0 saturated heterocycles. The molecule has 0 aromatic heterocycles. The van der Waals surface area contributed by atoms with E-state index in [1.54, 1.807) is 31.0 Å². The zero-order chi connectivity index (χ0) is 16.0. The minimum absolute atomic E-state index is 0.0854. The summed E-state index contributed by atoms with van der Waals surface area (Å²) in [6, 6.07) is 8.42. The van der Waals surface area contributed by atoms with Crippen LogP contribution >= 0.6 is 12.2 Å². The van der Waals surface area contributed by atoms with Gasteiger partial charge in [0.1, 0.15) is 12.0 Å². The molecule has 2 atom stereocenters. The molecule has 0 fully saturated rings. The first kappa shape index (κ1) is 17.1. The molecule has 1 aromatic rings. The van der Waals surface area contributed by atoms with Gasteiger partial charge in [-0.1, -0.05) is 42.5 Å². The first-order valence-corrected chi connectivity index (χ1v) is 7.18. The maximum absolute atomic E-state index is 12.4. The third kappa shape index (κ3) is 4.53. The van der Waals surface area contributed by atoms with Crippen LogP contribution in [0, 0.1) is 0 Å². The molecule has 0 aliphatic rings. The SMILES string of the molecule is CCN(C)C(=O)C(C)NC(=O)C(C(N)=S)c1ccccc1. The molecular formula is C15H21N3O2S. The Labute approximate surface area is 130 Å². The number of hydrogen-bond acceptors (Lipinski definition) is 3. The Morgan fingerprint density at radius 1 is 1.33 bits per heavy atom. The van der Waals surface area contributed by atoms with Gasteiger partial charge in [-0.15, -0.1) is 0 Å². The number of thiocarbonyl (C=S) groups is 1. The molecule has 0 heterocycles. The molecule has 1 aromatic carbocycles. The fraction of sp³-hybridized carbons (Fsp3) is 0.400. The van der Waals surface area contributed by atoms with Gasteiger partial charge in [0.2, 0.25) is 11.8 Å². The number of benzene rings is 1. The van der Waals surface area contributed by atoms with Crippen molar-refractivity contribution in [3.8, 4) is 0 Å². The fourth-order valence-electron chi connectivity index (χ4n) is 1.94. The van der Waals surface area contributed by atoms with Crippen molar-refractivity contribution in [2.24, 2.45) is 5.73 Å². The van der Waals surface area contributed by atoms with Gasteiger partial charge in [0.15, 0.2) is 0 Å². The Morgan fingerprint density at radius 3 is 2.38 bits per heavy atom. The summed E-state index contributed by atoms with van der Waals surface area (Å²) in [7, 11) is 1.69. The molecular weight excluding hydrogens is 286 g/mol. The van der Waals surface area contributed by atoms with E-state index in [1.807, 2.05) is 25.1 Å². The Bertz CT molecular complexity index is 519. The van der Waals surface area contributed by atoms with Crippen LogP contribution in [0.4, 0.5) is 0 Å². The first-order chi connectivity index (χ1) is 9.88. The standard InChI is InChI=1S/C15H21N3O2S/c1-4-18(3)15(20)10(2)17-14(19)12(13(16)21)11-8-6-5-7-9-11/h5-10,12H,4H2,1-3H3,(H2,16,21)(H,17,19). The van der Waals surface area contributed by atoms with Crippen LogP contribution in [0.1, 0.15) is 25.3 Å². The van der Waals surface area contributed by atoms with E-state index in [0.29, 0.717) is 12.1 Å². The van der Waals surface area contributed by atoms with Gasteiger partial charge in [-0.25, -0.2) is 0 Å². The lowest BCUT2D eigenvalue weighted by molar-refractivity contribution is -0.134. The summed E-state index contributed by atoms with van der Waals surface area (Å²) in [4.78, 5) is 26.0.